The third-order valence-electron chi connectivity index (χ3n) is 3.56. The van der Waals surface area contributed by atoms with Crippen LogP contribution in [0, 0.1) is 11.6 Å². The standard InChI is InChI=1S/C17H19F2NO/c1-11(14-5-3-4-13(8-14)10-21)20-12(2)16-7-6-15(18)9-17(16)19/h3-9,11-12,20-21H,10H2,1-2H3. The highest BCUT2D eigenvalue weighted by Gasteiger charge is 2.15. The Morgan fingerprint density at radius 2 is 1.81 bits per heavy atom. The molecular formula is C17H19F2NO. The first-order valence-corrected chi connectivity index (χ1v) is 6.92. The van der Waals surface area contributed by atoms with Gasteiger partial charge in [0.1, 0.15) is 11.6 Å². The summed E-state index contributed by atoms with van der Waals surface area (Å²) < 4.78 is 26.7. The summed E-state index contributed by atoms with van der Waals surface area (Å²) in [6.45, 7) is 3.79. The van der Waals surface area contributed by atoms with E-state index in [-0.39, 0.29) is 18.7 Å². The molecule has 4 heteroatoms. The van der Waals surface area contributed by atoms with Crippen LogP contribution in [0.3, 0.4) is 0 Å². The van der Waals surface area contributed by atoms with Crippen molar-refractivity contribution >= 4 is 0 Å². The molecular weight excluding hydrogens is 272 g/mol. The summed E-state index contributed by atoms with van der Waals surface area (Å²) in [5.41, 5.74) is 2.28. The van der Waals surface area contributed by atoms with Gasteiger partial charge in [-0.2, -0.15) is 0 Å². The van der Waals surface area contributed by atoms with Crippen LogP contribution in [0.25, 0.3) is 0 Å². The van der Waals surface area contributed by atoms with E-state index in [0.29, 0.717) is 5.56 Å². The monoisotopic (exact) mass is 291 g/mol. The normalized spacial score (nSPS) is 14.0. The third-order valence-corrected chi connectivity index (χ3v) is 3.56. The Kier molecular flexibility index (Phi) is 5.04. The maximum absolute atomic E-state index is 13.8. The predicted molar refractivity (Wildman–Crippen MR) is 78.7 cm³/mol. The maximum Gasteiger partial charge on any atom is 0.130 e. The van der Waals surface area contributed by atoms with Crippen molar-refractivity contribution in [2.75, 3.05) is 0 Å². The zero-order valence-corrected chi connectivity index (χ0v) is 12.1. The van der Waals surface area contributed by atoms with Crippen LogP contribution in [0.5, 0.6) is 0 Å². The Morgan fingerprint density at radius 3 is 2.48 bits per heavy atom. The minimum absolute atomic E-state index is 0.0112. The molecule has 0 saturated carbocycles. The molecule has 0 aliphatic rings. The number of halogens is 2. The number of aliphatic hydroxyl groups excluding tert-OH is 1. The average molecular weight is 291 g/mol. The Morgan fingerprint density at radius 1 is 1.05 bits per heavy atom. The van der Waals surface area contributed by atoms with Gasteiger partial charge in [0, 0.05) is 23.7 Å². The van der Waals surface area contributed by atoms with Crippen LogP contribution in [0.4, 0.5) is 8.78 Å². The Hall–Kier alpha value is -1.78. The molecule has 2 nitrogen and oxygen atoms in total. The first kappa shape index (κ1) is 15.6. The second-order valence-electron chi connectivity index (χ2n) is 5.18. The largest absolute Gasteiger partial charge is 0.392 e. The van der Waals surface area contributed by atoms with Gasteiger partial charge in [0.15, 0.2) is 0 Å². The lowest BCUT2D eigenvalue weighted by Crippen LogP contribution is -2.23. The van der Waals surface area contributed by atoms with E-state index < -0.39 is 11.6 Å². The van der Waals surface area contributed by atoms with Crippen molar-refractivity contribution in [2.24, 2.45) is 0 Å². The average Bonchev–Trinajstić information content (AvgIpc) is 2.47. The summed E-state index contributed by atoms with van der Waals surface area (Å²) in [5.74, 6) is -1.13. The molecule has 0 radical (unpaired) electrons. The van der Waals surface area contributed by atoms with Crippen LogP contribution in [-0.4, -0.2) is 5.11 Å². The van der Waals surface area contributed by atoms with E-state index in [1.807, 2.05) is 38.1 Å². The maximum atomic E-state index is 13.8. The molecule has 112 valence electrons. The number of hydrogen-bond donors (Lipinski definition) is 2. The molecule has 0 aliphatic heterocycles. The molecule has 2 unspecified atom stereocenters. The molecule has 0 amide bonds. The van der Waals surface area contributed by atoms with Gasteiger partial charge in [-0.25, -0.2) is 8.78 Å². The summed E-state index contributed by atoms with van der Waals surface area (Å²) in [4.78, 5) is 0. The van der Waals surface area contributed by atoms with Crippen LogP contribution >= 0.6 is 0 Å². The lowest BCUT2D eigenvalue weighted by Gasteiger charge is -2.21. The van der Waals surface area contributed by atoms with Gasteiger partial charge >= 0.3 is 0 Å². The summed E-state index contributed by atoms with van der Waals surface area (Å²) in [5, 5.41) is 12.4. The topological polar surface area (TPSA) is 32.3 Å². The van der Waals surface area contributed by atoms with E-state index in [0.717, 1.165) is 17.2 Å². The molecule has 0 aromatic heterocycles. The SMILES string of the molecule is CC(NC(C)c1ccc(F)cc1F)c1cccc(CO)c1. The smallest absolute Gasteiger partial charge is 0.130 e. The van der Waals surface area contributed by atoms with Crippen LogP contribution in [0.15, 0.2) is 42.5 Å². The summed E-state index contributed by atoms with van der Waals surface area (Å²) in [6, 6.07) is 10.9. The second-order valence-corrected chi connectivity index (χ2v) is 5.18. The van der Waals surface area contributed by atoms with Crippen molar-refractivity contribution in [2.45, 2.75) is 32.5 Å². The van der Waals surface area contributed by atoms with Crippen molar-refractivity contribution in [1.29, 1.82) is 0 Å². The lowest BCUT2D eigenvalue weighted by atomic mass is 10.0. The zero-order valence-electron chi connectivity index (χ0n) is 12.1. The van der Waals surface area contributed by atoms with E-state index in [1.165, 1.54) is 12.1 Å². The van der Waals surface area contributed by atoms with Gasteiger partial charge in [0.2, 0.25) is 0 Å². The fourth-order valence-electron chi connectivity index (χ4n) is 2.37. The molecule has 0 fully saturated rings. The number of nitrogens with one attached hydrogen (secondary N) is 1. The van der Waals surface area contributed by atoms with Gasteiger partial charge in [-0.1, -0.05) is 30.3 Å². The summed E-state index contributed by atoms with van der Waals surface area (Å²) in [7, 11) is 0. The van der Waals surface area contributed by atoms with E-state index in [4.69, 9.17) is 5.11 Å². The highest BCUT2D eigenvalue weighted by molar-refractivity contribution is 5.26. The number of aliphatic hydroxyl groups is 1. The molecule has 2 aromatic carbocycles. The molecule has 0 spiro atoms. The van der Waals surface area contributed by atoms with Crippen molar-refractivity contribution in [1.82, 2.24) is 5.32 Å². The van der Waals surface area contributed by atoms with Crippen molar-refractivity contribution in [3.8, 4) is 0 Å². The van der Waals surface area contributed by atoms with Crippen LogP contribution in [0.1, 0.15) is 42.6 Å². The Labute approximate surface area is 123 Å². The van der Waals surface area contributed by atoms with Gasteiger partial charge in [-0.15, -0.1) is 0 Å². The molecule has 0 aliphatic carbocycles. The second kappa shape index (κ2) is 6.78. The fourth-order valence-corrected chi connectivity index (χ4v) is 2.37. The van der Waals surface area contributed by atoms with Crippen molar-refractivity contribution < 1.29 is 13.9 Å². The quantitative estimate of drug-likeness (QED) is 0.876. The predicted octanol–water partition coefficient (Wildman–Crippen LogP) is 3.87. The van der Waals surface area contributed by atoms with Gasteiger partial charge in [-0.05, 0) is 31.0 Å². The van der Waals surface area contributed by atoms with Crippen molar-refractivity contribution in [3.05, 3.63) is 70.8 Å². The van der Waals surface area contributed by atoms with E-state index in [1.54, 1.807) is 0 Å². The highest BCUT2D eigenvalue weighted by atomic mass is 19.1. The minimum Gasteiger partial charge on any atom is -0.392 e. The molecule has 0 heterocycles. The number of hydrogen-bond acceptors (Lipinski definition) is 2. The van der Waals surface area contributed by atoms with Crippen molar-refractivity contribution in [3.63, 3.8) is 0 Å². The lowest BCUT2D eigenvalue weighted by molar-refractivity contribution is 0.281. The third kappa shape index (κ3) is 3.86. The summed E-state index contributed by atoms with van der Waals surface area (Å²) in [6.07, 6.45) is 0. The van der Waals surface area contributed by atoms with Gasteiger partial charge < -0.3 is 10.4 Å². The van der Waals surface area contributed by atoms with E-state index in [2.05, 4.69) is 5.32 Å². The first-order chi connectivity index (χ1) is 10.0. The zero-order chi connectivity index (χ0) is 15.4. The minimum atomic E-state index is -0.577. The van der Waals surface area contributed by atoms with Crippen LogP contribution in [0.2, 0.25) is 0 Å². The van der Waals surface area contributed by atoms with E-state index in [9.17, 15) is 8.78 Å². The molecule has 2 N–H and O–H groups in total. The van der Waals surface area contributed by atoms with Gasteiger partial charge in [0.05, 0.1) is 6.61 Å². The van der Waals surface area contributed by atoms with Crippen LogP contribution < -0.4 is 5.32 Å². The number of benzene rings is 2. The fraction of sp³-hybridized carbons (Fsp3) is 0.294. The molecule has 2 atom stereocenters. The Bertz CT molecular complexity index is 615. The van der Waals surface area contributed by atoms with Crippen LogP contribution in [-0.2, 0) is 6.61 Å². The van der Waals surface area contributed by atoms with E-state index >= 15 is 0 Å². The first-order valence-electron chi connectivity index (χ1n) is 6.92. The van der Waals surface area contributed by atoms with Gasteiger partial charge in [0.25, 0.3) is 0 Å². The Balaban J connectivity index is 2.12. The van der Waals surface area contributed by atoms with Gasteiger partial charge in [-0.3, -0.25) is 0 Å². The number of rotatable bonds is 5. The molecule has 0 bridgehead atoms. The molecule has 0 saturated heterocycles. The summed E-state index contributed by atoms with van der Waals surface area (Å²) >= 11 is 0. The molecule has 21 heavy (non-hydrogen) atoms. The molecule has 2 rings (SSSR count). The highest BCUT2D eigenvalue weighted by Crippen LogP contribution is 2.22. The molecule has 2 aromatic rings.